The molecule has 0 saturated carbocycles. The molecule has 6 nitrogen and oxygen atoms in total. The van der Waals surface area contributed by atoms with Crippen LogP contribution >= 0.6 is 0 Å². The lowest BCUT2D eigenvalue weighted by Gasteiger charge is -2.15. The molecule has 2 aromatic rings. The predicted octanol–water partition coefficient (Wildman–Crippen LogP) is 1.06. The Morgan fingerprint density at radius 3 is 3.00 bits per heavy atom. The molecule has 1 aliphatic heterocycles. The maximum absolute atomic E-state index is 12.3. The van der Waals surface area contributed by atoms with Crippen molar-refractivity contribution in [2.75, 3.05) is 18.4 Å². The Balaban J connectivity index is 1.83. The lowest BCUT2D eigenvalue weighted by Crippen LogP contribution is -2.28. The molecule has 20 heavy (non-hydrogen) atoms. The van der Waals surface area contributed by atoms with E-state index < -0.39 is 0 Å². The molecule has 0 spiro atoms. The number of rotatable bonds is 3. The van der Waals surface area contributed by atoms with Gasteiger partial charge in [-0.3, -0.25) is 4.79 Å². The molecular weight excluding hydrogens is 254 g/mol. The van der Waals surface area contributed by atoms with Crippen molar-refractivity contribution in [3.8, 4) is 5.82 Å². The van der Waals surface area contributed by atoms with Gasteiger partial charge in [-0.25, -0.2) is 9.67 Å². The SMILES string of the molecule is CC1CNCC1C(=O)Nc1cccnc1-n1cccn1. The molecule has 0 aliphatic carbocycles. The van der Waals surface area contributed by atoms with Crippen LogP contribution in [0.4, 0.5) is 5.69 Å². The maximum atomic E-state index is 12.3. The normalized spacial score (nSPS) is 21.9. The first kappa shape index (κ1) is 12.8. The van der Waals surface area contributed by atoms with Crippen molar-refractivity contribution in [1.82, 2.24) is 20.1 Å². The lowest BCUT2D eigenvalue weighted by molar-refractivity contribution is -0.120. The standard InChI is InChI=1S/C14H17N5O/c1-10-8-15-9-11(10)14(20)18-12-4-2-5-16-13(12)19-7-3-6-17-19/h2-7,10-11,15H,8-9H2,1H3,(H,18,20). The summed E-state index contributed by atoms with van der Waals surface area (Å²) >= 11 is 0. The first-order valence-corrected chi connectivity index (χ1v) is 6.72. The van der Waals surface area contributed by atoms with Crippen LogP contribution in [-0.2, 0) is 4.79 Å². The van der Waals surface area contributed by atoms with E-state index >= 15 is 0 Å². The average Bonchev–Trinajstić information content (AvgIpc) is 3.10. The third-order valence-electron chi connectivity index (χ3n) is 3.62. The number of nitrogens with zero attached hydrogens (tertiary/aromatic N) is 3. The smallest absolute Gasteiger partial charge is 0.229 e. The molecule has 3 rings (SSSR count). The van der Waals surface area contributed by atoms with Gasteiger partial charge in [-0.15, -0.1) is 0 Å². The van der Waals surface area contributed by atoms with E-state index in [2.05, 4.69) is 27.6 Å². The molecule has 1 saturated heterocycles. The van der Waals surface area contributed by atoms with Gasteiger partial charge in [0.1, 0.15) is 0 Å². The van der Waals surface area contributed by atoms with E-state index in [9.17, 15) is 4.79 Å². The van der Waals surface area contributed by atoms with Crippen LogP contribution in [0.15, 0.2) is 36.8 Å². The third kappa shape index (κ3) is 2.42. The lowest BCUT2D eigenvalue weighted by atomic mass is 9.97. The fourth-order valence-corrected chi connectivity index (χ4v) is 2.46. The molecule has 2 N–H and O–H groups in total. The van der Waals surface area contributed by atoms with Gasteiger partial charge in [-0.1, -0.05) is 6.92 Å². The average molecular weight is 271 g/mol. The number of nitrogens with one attached hydrogen (secondary N) is 2. The highest BCUT2D eigenvalue weighted by atomic mass is 16.2. The second kappa shape index (κ2) is 5.42. The summed E-state index contributed by atoms with van der Waals surface area (Å²) in [7, 11) is 0. The largest absolute Gasteiger partial charge is 0.323 e. The van der Waals surface area contributed by atoms with Crippen molar-refractivity contribution in [3.63, 3.8) is 0 Å². The van der Waals surface area contributed by atoms with Crippen LogP contribution in [0.3, 0.4) is 0 Å². The van der Waals surface area contributed by atoms with Gasteiger partial charge in [0.05, 0.1) is 11.6 Å². The Kier molecular flexibility index (Phi) is 3.47. The van der Waals surface area contributed by atoms with Crippen LogP contribution in [0.2, 0.25) is 0 Å². The summed E-state index contributed by atoms with van der Waals surface area (Å²) in [5, 5.41) is 10.4. The summed E-state index contributed by atoms with van der Waals surface area (Å²) in [6, 6.07) is 5.47. The molecule has 6 heteroatoms. The van der Waals surface area contributed by atoms with Gasteiger partial charge in [0.2, 0.25) is 5.91 Å². The summed E-state index contributed by atoms with van der Waals surface area (Å²) in [6.45, 7) is 3.70. The number of carbonyl (C=O) groups excluding carboxylic acids is 1. The summed E-state index contributed by atoms with van der Waals surface area (Å²) in [4.78, 5) is 16.6. The summed E-state index contributed by atoms with van der Waals surface area (Å²) < 4.78 is 1.64. The van der Waals surface area contributed by atoms with E-state index in [4.69, 9.17) is 0 Å². The second-order valence-corrected chi connectivity index (χ2v) is 5.06. The van der Waals surface area contributed by atoms with Crippen molar-refractivity contribution in [3.05, 3.63) is 36.8 Å². The zero-order valence-electron chi connectivity index (χ0n) is 11.3. The van der Waals surface area contributed by atoms with Gasteiger partial charge in [-0.2, -0.15) is 5.10 Å². The molecule has 2 atom stereocenters. The highest BCUT2D eigenvalue weighted by Gasteiger charge is 2.29. The van der Waals surface area contributed by atoms with Gasteiger partial charge in [-0.05, 0) is 30.7 Å². The quantitative estimate of drug-likeness (QED) is 0.875. The van der Waals surface area contributed by atoms with E-state index in [0.717, 1.165) is 13.1 Å². The molecule has 0 bridgehead atoms. The van der Waals surface area contributed by atoms with E-state index in [1.54, 1.807) is 29.3 Å². The van der Waals surface area contributed by atoms with Crippen molar-refractivity contribution < 1.29 is 4.79 Å². The number of anilines is 1. The number of hydrogen-bond acceptors (Lipinski definition) is 4. The number of hydrogen-bond donors (Lipinski definition) is 2. The van der Waals surface area contributed by atoms with Crippen LogP contribution in [0.5, 0.6) is 0 Å². The Morgan fingerprint density at radius 1 is 1.40 bits per heavy atom. The minimum absolute atomic E-state index is 0.000627. The van der Waals surface area contributed by atoms with Gasteiger partial charge in [0, 0.05) is 25.1 Å². The maximum Gasteiger partial charge on any atom is 0.229 e. The number of pyridine rings is 1. The van der Waals surface area contributed by atoms with Crippen LogP contribution in [0, 0.1) is 11.8 Å². The predicted molar refractivity (Wildman–Crippen MR) is 75.5 cm³/mol. The Labute approximate surface area is 117 Å². The third-order valence-corrected chi connectivity index (χ3v) is 3.62. The van der Waals surface area contributed by atoms with E-state index in [1.807, 2.05) is 12.1 Å². The number of carbonyl (C=O) groups is 1. The molecule has 0 aromatic carbocycles. The van der Waals surface area contributed by atoms with Crippen LogP contribution in [0.1, 0.15) is 6.92 Å². The highest BCUT2D eigenvalue weighted by molar-refractivity contribution is 5.94. The molecule has 3 heterocycles. The van der Waals surface area contributed by atoms with Crippen molar-refractivity contribution in [2.24, 2.45) is 11.8 Å². The molecule has 2 aromatic heterocycles. The van der Waals surface area contributed by atoms with E-state index in [0.29, 0.717) is 17.4 Å². The topological polar surface area (TPSA) is 71.8 Å². The Morgan fingerprint density at radius 2 is 2.30 bits per heavy atom. The van der Waals surface area contributed by atoms with Crippen LogP contribution in [-0.4, -0.2) is 33.8 Å². The second-order valence-electron chi connectivity index (χ2n) is 5.06. The minimum atomic E-state index is 0.000627. The van der Waals surface area contributed by atoms with Crippen molar-refractivity contribution in [1.29, 1.82) is 0 Å². The summed E-state index contributed by atoms with van der Waals surface area (Å²) in [5.74, 6) is 1.01. The Bertz CT molecular complexity index is 595. The molecule has 1 aliphatic rings. The number of aromatic nitrogens is 3. The monoisotopic (exact) mass is 271 g/mol. The van der Waals surface area contributed by atoms with Gasteiger partial charge >= 0.3 is 0 Å². The number of amides is 1. The molecule has 2 unspecified atom stereocenters. The van der Waals surface area contributed by atoms with Crippen LogP contribution in [0.25, 0.3) is 5.82 Å². The van der Waals surface area contributed by atoms with Gasteiger partial charge in [0.25, 0.3) is 0 Å². The van der Waals surface area contributed by atoms with Crippen LogP contribution < -0.4 is 10.6 Å². The molecular formula is C14H17N5O. The van der Waals surface area contributed by atoms with Crippen molar-refractivity contribution in [2.45, 2.75) is 6.92 Å². The molecule has 0 radical (unpaired) electrons. The fourth-order valence-electron chi connectivity index (χ4n) is 2.46. The molecule has 1 amide bonds. The summed E-state index contributed by atoms with van der Waals surface area (Å²) in [5.41, 5.74) is 0.681. The Hall–Kier alpha value is -2.21. The van der Waals surface area contributed by atoms with Gasteiger partial charge < -0.3 is 10.6 Å². The minimum Gasteiger partial charge on any atom is -0.323 e. The highest BCUT2D eigenvalue weighted by Crippen LogP contribution is 2.21. The van der Waals surface area contributed by atoms with Crippen molar-refractivity contribution >= 4 is 11.6 Å². The fraction of sp³-hybridized carbons (Fsp3) is 0.357. The molecule has 1 fully saturated rings. The van der Waals surface area contributed by atoms with E-state index in [1.165, 1.54) is 0 Å². The first-order chi connectivity index (χ1) is 9.75. The summed E-state index contributed by atoms with van der Waals surface area (Å²) in [6.07, 6.45) is 5.17. The molecule has 104 valence electrons. The zero-order chi connectivity index (χ0) is 13.9. The first-order valence-electron chi connectivity index (χ1n) is 6.72. The van der Waals surface area contributed by atoms with Gasteiger partial charge in [0.15, 0.2) is 5.82 Å². The van der Waals surface area contributed by atoms with E-state index in [-0.39, 0.29) is 11.8 Å². The zero-order valence-corrected chi connectivity index (χ0v) is 11.3.